The largest absolute Gasteiger partial charge is 0.417 e. The normalized spacial score (nSPS) is 12.4. The number of hydrogen-bond donors (Lipinski definition) is 3. The van der Waals surface area contributed by atoms with Crippen LogP contribution in [0.25, 0.3) is 0 Å². The van der Waals surface area contributed by atoms with Crippen molar-refractivity contribution in [2.45, 2.75) is 11.1 Å². The number of halogens is 3. The number of sulfonamides is 1. The van der Waals surface area contributed by atoms with Gasteiger partial charge in [0.05, 0.1) is 16.7 Å². The van der Waals surface area contributed by atoms with Gasteiger partial charge in [-0.2, -0.15) is 18.3 Å². The first-order valence-corrected chi connectivity index (χ1v) is 6.73. The highest BCUT2D eigenvalue weighted by Gasteiger charge is 2.36. The molecule has 108 valence electrons. The summed E-state index contributed by atoms with van der Waals surface area (Å²) in [7, 11) is -4.46. The van der Waals surface area contributed by atoms with Crippen molar-refractivity contribution in [3.8, 4) is 0 Å². The molecule has 0 unspecified atom stereocenters. The molecule has 1 heterocycles. The third kappa shape index (κ3) is 3.08. The van der Waals surface area contributed by atoms with Gasteiger partial charge in [-0.15, -0.1) is 0 Å². The van der Waals surface area contributed by atoms with Gasteiger partial charge in [-0.1, -0.05) is 0 Å². The quantitative estimate of drug-likeness (QED) is 0.805. The molecule has 0 fully saturated rings. The summed E-state index contributed by atoms with van der Waals surface area (Å²) in [6.07, 6.45) is -3.43. The Balaban J connectivity index is 2.49. The van der Waals surface area contributed by atoms with E-state index in [4.69, 9.17) is 5.14 Å². The highest BCUT2D eigenvalue weighted by Crippen LogP contribution is 2.35. The first kappa shape index (κ1) is 14.3. The molecule has 0 aliphatic heterocycles. The minimum absolute atomic E-state index is 0.0500. The lowest BCUT2D eigenvalue weighted by Gasteiger charge is -2.13. The molecular formula is C10H9F3N4O2S. The van der Waals surface area contributed by atoms with E-state index in [0.717, 1.165) is 6.07 Å². The second-order valence-electron chi connectivity index (χ2n) is 3.85. The van der Waals surface area contributed by atoms with E-state index < -0.39 is 26.7 Å². The second kappa shape index (κ2) is 4.80. The summed E-state index contributed by atoms with van der Waals surface area (Å²) in [5, 5.41) is 13.5. The van der Waals surface area contributed by atoms with Gasteiger partial charge in [-0.3, -0.25) is 5.10 Å². The first-order valence-electron chi connectivity index (χ1n) is 5.18. The Morgan fingerprint density at radius 1 is 1.25 bits per heavy atom. The number of nitrogens with two attached hydrogens (primary N) is 1. The van der Waals surface area contributed by atoms with Crippen LogP contribution < -0.4 is 10.5 Å². The maximum atomic E-state index is 12.9. The zero-order valence-corrected chi connectivity index (χ0v) is 10.6. The number of primary sulfonamides is 1. The van der Waals surface area contributed by atoms with E-state index in [1.807, 2.05) is 0 Å². The van der Waals surface area contributed by atoms with E-state index in [1.54, 1.807) is 0 Å². The number of H-pyrrole nitrogens is 1. The van der Waals surface area contributed by atoms with Gasteiger partial charge in [0.15, 0.2) is 0 Å². The van der Waals surface area contributed by atoms with Crippen molar-refractivity contribution < 1.29 is 21.6 Å². The van der Waals surface area contributed by atoms with Crippen LogP contribution in [-0.4, -0.2) is 18.6 Å². The molecule has 2 aromatic rings. The van der Waals surface area contributed by atoms with Crippen LogP contribution in [0, 0.1) is 0 Å². The van der Waals surface area contributed by atoms with E-state index in [0.29, 0.717) is 11.9 Å². The molecule has 0 spiro atoms. The zero-order valence-electron chi connectivity index (χ0n) is 9.77. The number of aromatic nitrogens is 2. The van der Waals surface area contributed by atoms with Crippen molar-refractivity contribution in [3.05, 3.63) is 36.0 Å². The number of aromatic amines is 1. The summed E-state index contributed by atoms with van der Waals surface area (Å²) in [4.78, 5) is -0.972. The van der Waals surface area contributed by atoms with Crippen LogP contribution in [0.15, 0.2) is 35.4 Å². The van der Waals surface area contributed by atoms with Crippen LogP contribution in [0.1, 0.15) is 5.56 Å². The molecule has 10 heteroatoms. The van der Waals surface area contributed by atoms with Gasteiger partial charge in [-0.25, -0.2) is 13.6 Å². The highest BCUT2D eigenvalue weighted by atomic mass is 32.2. The number of nitrogens with zero attached hydrogens (tertiary/aromatic N) is 1. The lowest BCUT2D eigenvalue weighted by atomic mass is 10.2. The molecule has 4 N–H and O–H groups in total. The molecule has 0 saturated heterocycles. The van der Waals surface area contributed by atoms with Gasteiger partial charge in [0.2, 0.25) is 10.0 Å². The monoisotopic (exact) mass is 306 g/mol. The molecule has 0 aliphatic rings. The minimum Gasteiger partial charge on any atom is -0.341 e. The Hall–Kier alpha value is -2.07. The molecule has 0 atom stereocenters. The summed E-state index contributed by atoms with van der Waals surface area (Å²) in [6.45, 7) is 0. The molecule has 6 nitrogen and oxygen atoms in total. The van der Waals surface area contributed by atoms with E-state index in [9.17, 15) is 21.6 Å². The number of hydrogen-bond acceptors (Lipinski definition) is 4. The van der Waals surface area contributed by atoms with Crippen LogP contribution in [0.3, 0.4) is 0 Å². The van der Waals surface area contributed by atoms with Crippen molar-refractivity contribution >= 4 is 21.5 Å². The standard InChI is InChI=1S/C10H9F3N4O2S/c11-10(12,13)7-5-6(16-9-3-4-15-17-9)1-2-8(7)20(14,18)19/h1-5H,(H2,14,18,19)(H2,15,16,17). The number of alkyl halides is 3. The van der Waals surface area contributed by atoms with Gasteiger partial charge >= 0.3 is 6.18 Å². The summed E-state index contributed by atoms with van der Waals surface area (Å²) in [6, 6.07) is 4.15. The Labute approximate surface area is 111 Å². The van der Waals surface area contributed by atoms with Crippen molar-refractivity contribution in [2.24, 2.45) is 5.14 Å². The first-order chi connectivity index (χ1) is 9.18. The molecule has 0 radical (unpaired) electrons. The lowest BCUT2D eigenvalue weighted by molar-refractivity contribution is -0.139. The van der Waals surface area contributed by atoms with Gasteiger partial charge in [0.25, 0.3) is 0 Å². The fourth-order valence-corrected chi connectivity index (χ4v) is 2.30. The molecule has 0 aliphatic carbocycles. The van der Waals surface area contributed by atoms with Crippen LogP contribution in [0.5, 0.6) is 0 Å². The summed E-state index contributed by atoms with van der Waals surface area (Å²) >= 11 is 0. The fraction of sp³-hybridized carbons (Fsp3) is 0.100. The number of benzene rings is 1. The fourth-order valence-electron chi connectivity index (χ4n) is 1.56. The Morgan fingerprint density at radius 2 is 1.95 bits per heavy atom. The number of nitrogens with one attached hydrogen (secondary N) is 2. The highest BCUT2D eigenvalue weighted by molar-refractivity contribution is 7.89. The van der Waals surface area contributed by atoms with Crippen LogP contribution in [0.4, 0.5) is 24.7 Å². The van der Waals surface area contributed by atoms with Crippen molar-refractivity contribution in [2.75, 3.05) is 5.32 Å². The predicted octanol–water partition coefficient (Wildman–Crippen LogP) is 1.82. The molecule has 0 amide bonds. The molecular weight excluding hydrogens is 297 g/mol. The molecule has 20 heavy (non-hydrogen) atoms. The van der Waals surface area contributed by atoms with Crippen LogP contribution in [-0.2, 0) is 16.2 Å². The average Bonchev–Trinajstić information content (AvgIpc) is 2.79. The molecule has 2 rings (SSSR count). The molecule has 0 saturated carbocycles. The zero-order chi connectivity index (χ0) is 15.0. The maximum absolute atomic E-state index is 12.9. The topological polar surface area (TPSA) is 101 Å². The minimum atomic E-state index is -4.84. The third-order valence-corrected chi connectivity index (χ3v) is 3.34. The van der Waals surface area contributed by atoms with E-state index in [-0.39, 0.29) is 5.69 Å². The summed E-state index contributed by atoms with van der Waals surface area (Å²) in [5.74, 6) is 0.362. The number of rotatable bonds is 3. The summed E-state index contributed by atoms with van der Waals surface area (Å²) in [5.41, 5.74) is -1.28. The average molecular weight is 306 g/mol. The molecule has 1 aromatic carbocycles. The van der Waals surface area contributed by atoms with Crippen LogP contribution >= 0.6 is 0 Å². The lowest BCUT2D eigenvalue weighted by Crippen LogP contribution is -2.19. The predicted molar refractivity (Wildman–Crippen MR) is 64.7 cm³/mol. The Bertz CT molecular complexity index is 711. The van der Waals surface area contributed by atoms with E-state index in [1.165, 1.54) is 18.3 Å². The number of anilines is 2. The smallest absolute Gasteiger partial charge is 0.341 e. The summed E-state index contributed by atoms with van der Waals surface area (Å²) < 4.78 is 60.9. The maximum Gasteiger partial charge on any atom is 0.417 e. The van der Waals surface area contributed by atoms with Gasteiger partial charge < -0.3 is 5.32 Å². The van der Waals surface area contributed by atoms with Gasteiger partial charge in [-0.05, 0) is 18.2 Å². The van der Waals surface area contributed by atoms with E-state index >= 15 is 0 Å². The van der Waals surface area contributed by atoms with Gasteiger partial charge in [0.1, 0.15) is 5.82 Å². The van der Waals surface area contributed by atoms with Crippen molar-refractivity contribution in [1.29, 1.82) is 0 Å². The third-order valence-electron chi connectivity index (χ3n) is 2.37. The van der Waals surface area contributed by atoms with Crippen molar-refractivity contribution in [1.82, 2.24) is 10.2 Å². The van der Waals surface area contributed by atoms with Crippen LogP contribution in [0.2, 0.25) is 0 Å². The Morgan fingerprint density at radius 3 is 2.45 bits per heavy atom. The Kier molecular flexibility index (Phi) is 3.44. The SMILES string of the molecule is NS(=O)(=O)c1ccc(Nc2ccn[nH]2)cc1C(F)(F)F. The van der Waals surface area contributed by atoms with Gasteiger partial charge in [0, 0.05) is 11.8 Å². The van der Waals surface area contributed by atoms with Crippen molar-refractivity contribution in [3.63, 3.8) is 0 Å². The molecule has 0 bridgehead atoms. The molecule has 1 aromatic heterocycles. The second-order valence-corrected chi connectivity index (χ2v) is 5.38. The van der Waals surface area contributed by atoms with E-state index in [2.05, 4.69) is 15.5 Å².